The van der Waals surface area contributed by atoms with Crippen LogP contribution in [0.4, 0.5) is 0 Å². The van der Waals surface area contributed by atoms with Crippen LogP contribution in [-0.4, -0.2) is 14.6 Å². The van der Waals surface area contributed by atoms with Crippen molar-refractivity contribution >= 4 is 16.6 Å². The number of hydrogen-bond donors (Lipinski definition) is 0. The first kappa shape index (κ1) is 13.1. The zero-order chi connectivity index (χ0) is 14.5. The molecule has 0 saturated heterocycles. The van der Waals surface area contributed by atoms with E-state index in [1.54, 1.807) is 0 Å². The Morgan fingerprint density at radius 1 is 1.05 bits per heavy atom. The van der Waals surface area contributed by atoms with Crippen molar-refractivity contribution in [1.29, 1.82) is 0 Å². The Hall–Kier alpha value is -1.90. The van der Waals surface area contributed by atoms with Crippen molar-refractivity contribution in [2.24, 2.45) is 0 Å². The summed E-state index contributed by atoms with van der Waals surface area (Å²) in [6, 6.07) is 8.55. The first-order valence-corrected chi connectivity index (χ1v) is 7.16. The fourth-order valence-corrected chi connectivity index (χ4v) is 2.56. The maximum Gasteiger partial charge on any atom is 0.0910 e. The largest absolute Gasteiger partial charge is 0.249 e. The summed E-state index contributed by atoms with van der Waals surface area (Å²) >= 11 is 0. The van der Waals surface area contributed by atoms with Gasteiger partial charge in [-0.3, -0.25) is 0 Å². The van der Waals surface area contributed by atoms with E-state index in [1.165, 1.54) is 5.56 Å². The Balaban J connectivity index is 2.38. The van der Waals surface area contributed by atoms with Crippen LogP contribution in [0.1, 0.15) is 51.8 Å². The van der Waals surface area contributed by atoms with Gasteiger partial charge in [-0.05, 0) is 35.1 Å². The van der Waals surface area contributed by atoms with Crippen LogP contribution in [0.3, 0.4) is 0 Å². The third-order valence-corrected chi connectivity index (χ3v) is 3.76. The molecule has 3 nitrogen and oxygen atoms in total. The van der Waals surface area contributed by atoms with Crippen molar-refractivity contribution in [1.82, 2.24) is 14.6 Å². The van der Waals surface area contributed by atoms with Gasteiger partial charge in [-0.25, -0.2) is 9.50 Å². The van der Waals surface area contributed by atoms with E-state index < -0.39 is 0 Å². The molecule has 3 heteroatoms. The van der Waals surface area contributed by atoms with E-state index in [9.17, 15) is 0 Å². The Kier molecular flexibility index (Phi) is 2.82. The summed E-state index contributed by atoms with van der Waals surface area (Å²) in [7, 11) is 0. The predicted molar refractivity (Wildman–Crippen MR) is 83.3 cm³/mol. The molecule has 0 aliphatic carbocycles. The van der Waals surface area contributed by atoms with Crippen molar-refractivity contribution in [2.45, 2.75) is 46.0 Å². The van der Waals surface area contributed by atoms with E-state index in [0.29, 0.717) is 5.92 Å². The Bertz CT molecular complexity index is 776. The minimum absolute atomic E-state index is 0.132. The van der Waals surface area contributed by atoms with Crippen molar-refractivity contribution in [3.05, 3.63) is 41.7 Å². The third-order valence-electron chi connectivity index (χ3n) is 3.76. The lowest BCUT2D eigenvalue weighted by Crippen LogP contribution is -2.11. The van der Waals surface area contributed by atoms with E-state index in [4.69, 9.17) is 4.98 Å². The summed E-state index contributed by atoms with van der Waals surface area (Å²) in [5, 5.41) is 4.46. The molecule has 0 spiro atoms. The summed E-state index contributed by atoms with van der Waals surface area (Å²) in [6.07, 6.45) is 1.85. The zero-order valence-electron chi connectivity index (χ0n) is 12.8. The quantitative estimate of drug-likeness (QED) is 0.658. The lowest BCUT2D eigenvalue weighted by molar-refractivity contribution is 0.591. The lowest BCUT2D eigenvalue weighted by Gasteiger charge is -2.19. The standard InChI is InChI=1S/C17H21N3/c1-11(2)16-15-8-9-18-20(15)14-7-6-12(17(3,4)5)10-13(14)19-16/h6-11H,1-5H3. The molecule has 0 aliphatic rings. The summed E-state index contributed by atoms with van der Waals surface area (Å²) < 4.78 is 2.00. The molecule has 0 amide bonds. The van der Waals surface area contributed by atoms with Gasteiger partial charge in [0.1, 0.15) is 0 Å². The molecule has 0 fully saturated rings. The minimum Gasteiger partial charge on any atom is -0.249 e. The fraction of sp³-hybridized carbons (Fsp3) is 0.412. The molecule has 0 radical (unpaired) electrons. The summed E-state index contributed by atoms with van der Waals surface area (Å²) in [5.74, 6) is 0.386. The van der Waals surface area contributed by atoms with Crippen molar-refractivity contribution < 1.29 is 0 Å². The molecule has 20 heavy (non-hydrogen) atoms. The maximum atomic E-state index is 4.89. The molecule has 0 bridgehead atoms. The van der Waals surface area contributed by atoms with Gasteiger partial charge in [-0.15, -0.1) is 0 Å². The molecule has 0 atom stereocenters. The average molecular weight is 267 g/mol. The number of hydrogen-bond acceptors (Lipinski definition) is 2. The van der Waals surface area contributed by atoms with Crippen LogP contribution < -0.4 is 0 Å². The van der Waals surface area contributed by atoms with E-state index in [2.05, 4.69) is 57.9 Å². The zero-order valence-corrected chi connectivity index (χ0v) is 12.8. The number of fused-ring (bicyclic) bond motifs is 3. The van der Waals surface area contributed by atoms with Crippen LogP contribution in [0.25, 0.3) is 16.6 Å². The molecule has 0 N–H and O–H groups in total. The predicted octanol–water partition coefficient (Wildman–Crippen LogP) is 4.30. The number of benzene rings is 1. The first-order chi connectivity index (χ1) is 9.38. The van der Waals surface area contributed by atoms with Gasteiger partial charge >= 0.3 is 0 Å². The van der Waals surface area contributed by atoms with Crippen LogP contribution in [0.5, 0.6) is 0 Å². The highest BCUT2D eigenvalue weighted by molar-refractivity contribution is 5.80. The van der Waals surface area contributed by atoms with Gasteiger partial charge in [-0.1, -0.05) is 40.7 Å². The molecule has 3 rings (SSSR count). The number of nitrogens with zero attached hydrogens (tertiary/aromatic N) is 3. The molecular weight excluding hydrogens is 246 g/mol. The van der Waals surface area contributed by atoms with Gasteiger partial charge in [0.25, 0.3) is 0 Å². The maximum absolute atomic E-state index is 4.89. The second-order valence-electron chi connectivity index (χ2n) is 6.73. The SMILES string of the molecule is CC(C)c1nc2cc(C(C)(C)C)ccc2n2nccc12. The van der Waals surface area contributed by atoms with Crippen molar-refractivity contribution in [3.63, 3.8) is 0 Å². The van der Waals surface area contributed by atoms with Gasteiger partial charge in [0.2, 0.25) is 0 Å². The van der Waals surface area contributed by atoms with Crippen molar-refractivity contribution in [3.8, 4) is 0 Å². The Morgan fingerprint density at radius 2 is 1.80 bits per heavy atom. The van der Waals surface area contributed by atoms with Crippen LogP contribution >= 0.6 is 0 Å². The molecule has 104 valence electrons. The van der Waals surface area contributed by atoms with Crippen LogP contribution in [-0.2, 0) is 5.41 Å². The molecule has 0 aliphatic heterocycles. The fourth-order valence-electron chi connectivity index (χ4n) is 2.56. The Labute approximate surface area is 119 Å². The van der Waals surface area contributed by atoms with Gasteiger partial charge in [-0.2, -0.15) is 5.10 Å². The van der Waals surface area contributed by atoms with Gasteiger partial charge in [0, 0.05) is 0 Å². The van der Waals surface area contributed by atoms with Gasteiger partial charge < -0.3 is 0 Å². The second kappa shape index (κ2) is 4.30. The average Bonchev–Trinajstić information content (AvgIpc) is 2.84. The topological polar surface area (TPSA) is 30.2 Å². The normalized spacial score (nSPS) is 12.7. The summed E-state index contributed by atoms with van der Waals surface area (Å²) in [6.45, 7) is 11.0. The van der Waals surface area contributed by atoms with E-state index >= 15 is 0 Å². The Morgan fingerprint density at radius 3 is 2.45 bits per heavy atom. The van der Waals surface area contributed by atoms with E-state index in [0.717, 1.165) is 22.2 Å². The van der Waals surface area contributed by atoms with Gasteiger partial charge in [0.05, 0.1) is 28.4 Å². The highest BCUT2D eigenvalue weighted by atomic mass is 15.2. The molecule has 2 heterocycles. The molecule has 3 aromatic rings. The monoisotopic (exact) mass is 267 g/mol. The highest BCUT2D eigenvalue weighted by Crippen LogP contribution is 2.28. The summed E-state index contributed by atoms with van der Waals surface area (Å²) in [4.78, 5) is 4.89. The third kappa shape index (κ3) is 1.98. The van der Waals surface area contributed by atoms with Crippen LogP contribution in [0, 0.1) is 0 Å². The first-order valence-electron chi connectivity index (χ1n) is 7.16. The number of rotatable bonds is 1. The summed E-state index contributed by atoms with van der Waals surface area (Å²) in [5.41, 5.74) is 5.75. The van der Waals surface area contributed by atoms with E-state index in [-0.39, 0.29) is 5.41 Å². The number of aromatic nitrogens is 3. The van der Waals surface area contributed by atoms with Gasteiger partial charge in [0.15, 0.2) is 0 Å². The molecule has 0 saturated carbocycles. The second-order valence-corrected chi connectivity index (χ2v) is 6.73. The molecule has 0 unspecified atom stereocenters. The van der Waals surface area contributed by atoms with Crippen LogP contribution in [0.15, 0.2) is 30.5 Å². The van der Waals surface area contributed by atoms with Crippen LogP contribution in [0.2, 0.25) is 0 Å². The molecule has 1 aromatic carbocycles. The highest BCUT2D eigenvalue weighted by Gasteiger charge is 2.17. The smallest absolute Gasteiger partial charge is 0.0910 e. The minimum atomic E-state index is 0.132. The van der Waals surface area contributed by atoms with E-state index in [1.807, 2.05) is 16.8 Å². The van der Waals surface area contributed by atoms with Crippen molar-refractivity contribution in [2.75, 3.05) is 0 Å². The lowest BCUT2D eigenvalue weighted by atomic mass is 9.87. The molecular formula is C17H21N3. The molecule has 2 aromatic heterocycles.